The molecule has 25 heavy (non-hydrogen) atoms. The monoisotopic (exact) mass is 337 g/mol. The highest BCUT2D eigenvalue weighted by molar-refractivity contribution is 5.94. The normalized spacial score (nSPS) is 14.0. The maximum Gasteiger partial charge on any atom is 0.287 e. The van der Waals surface area contributed by atoms with Crippen molar-refractivity contribution in [3.63, 3.8) is 0 Å². The number of nitrogens with zero attached hydrogens (tertiary/aromatic N) is 5. The summed E-state index contributed by atoms with van der Waals surface area (Å²) in [5.74, 6) is -0.0610. The van der Waals surface area contributed by atoms with Gasteiger partial charge in [-0.05, 0) is 24.3 Å². The van der Waals surface area contributed by atoms with Crippen LogP contribution in [0.25, 0.3) is 0 Å². The van der Waals surface area contributed by atoms with Crippen molar-refractivity contribution in [1.29, 1.82) is 5.26 Å². The molecular formula is C17H15N5O3. The molecule has 1 aliphatic rings. The second-order valence-corrected chi connectivity index (χ2v) is 5.59. The van der Waals surface area contributed by atoms with Gasteiger partial charge in [0.2, 0.25) is 0 Å². The van der Waals surface area contributed by atoms with Crippen molar-refractivity contribution >= 4 is 17.3 Å². The molecule has 1 fully saturated rings. The molecule has 126 valence electrons. The number of aromatic nitrogens is 1. The van der Waals surface area contributed by atoms with Gasteiger partial charge < -0.3 is 9.80 Å². The predicted octanol–water partition coefficient (Wildman–Crippen LogP) is 1.82. The van der Waals surface area contributed by atoms with E-state index >= 15 is 0 Å². The summed E-state index contributed by atoms with van der Waals surface area (Å²) in [5.41, 5.74) is 1.14. The Morgan fingerprint density at radius 2 is 2.00 bits per heavy atom. The van der Waals surface area contributed by atoms with E-state index in [-0.39, 0.29) is 17.2 Å². The van der Waals surface area contributed by atoms with Crippen LogP contribution in [0.2, 0.25) is 0 Å². The number of rotatable bonds is 3. The molecule has 0 N–H and O–H groups in total. The minimum absolute atomic E-state index is 0.0383. The molecule has 1 saturated heterocycles. The van der Waals surface area contributed by atoms with E-state index in [0.29, 0.717) is 31.7 Å². The van der Waals surface area contributed by atoms with Crippen molar-refractivity contribution in [3.8, 4) is 6.07 Å². The Morgan fingerprint density at radius 3 is 2.60 bits per heavy atom. The highest BCUT2D eigenvalue weighted by Gasteiger charge is 2.23. The van der Waals surface area contributed by atoms with Crippen molar-refractivity contribution in [3.05, 3.63) is 64.0 Å². The number of nitriles is 1. The Balaban J connectivity index is 1.69. The van der Waals surface area contributed by atoms with E-state index in [1.54, 1.807) is 35.5 Å². The molecule has 0 unspecified atom stereocenters. The smallest absolute Gasteiger partial charge is 0.287 e. The van der Waals surface area contributed by atoms with Crippen LogP contribution >= 0.6 is 0 Å². The molecule has 1 aromatic carbocycles. The highest BCUT2D eigenvalue weighted by atomic mass is 16.6. The van der Waals surface area contributed by atoms with Crippen LogP contribution in [-0.2, 0) is 0 Å². The summed E-state index contributed by atoms with van der Waals surface area (Å²) in [5, 5.41) is 20.0. The summed E-state index contributed by atoms with van der Waals surface area (Å²) in [6.45, 7) is 2.25. The number of amides is 1. The third-order valence-electron chi connectivity index (χ3n) is 4.14. The predicted molar refractivity (Wildman–Crippen MR) is 90.2 cm³/mol. The van der Waals surface area contributed by atoms with Crippen LogP contribution < -0.4 is 4.90 Å². The fraction of sp³-hybridized carbons (Fsp3) is 0.235. The topological polar surface area (TPSA) is 103 Å². The molecule has 1 aliphatic heterocycles. The number of hydrogen-bond acceptors (Lipinski definition) is 6. The maximum atomic E-state index is 12.4. The Morgan fingerprint density at radius 1 is 1.24 bits per heavy atom. The first-order valence-corrected chi connectivity index (χ1v) is 7.73. The lowest BCUT2D eigenvalue weighted by atomic mass is 10.1. The van der Waals surface area contributed by atoms with Gasteiger partial charge in [0.15, 0.2) is 0 Å². The number of pyridine rings is 1. The summed E-state index contributed by atoms with van der Waals surface area (Å²) in [7, 11) is 0. The molecular weight excluding hydrogens is 322 g/mol. The minimum atomic E-state index is -0.563. The van der Waals surface area contributed by atoms with Crippen molar-refractivity contribution in [1.82, 2.24) is 9.88 Å². The number of hydrogen-bond donors (Lipinski definition) is 0. The van der Waals surface area contributed by atoms with Gasteiger partial charge in [-0.15, -0.1) is 0 Å². The van der Waals surface area contributed by atoms with Crippen LogP contribution in [-0.4, -0.2) is 46.9 Å². The molecule has 2 aromatic rings. The van der Waals surface area contributed by atoms with Crippen LogP contribution in [0, 0.1) is 21.4 Å². The third kappa shape index (κ3) is 3.40. The van der Waals surface area contributed by atoms with E-state index in [9.17, 15) is 14.9 Å². The average molecular weight is 337 g/mol. The van der Waals surface area contributed by atoms with Crippen molar-refractivity contribution in [2.75, 3.05) is 31.1 Å². The Kier molecular flexibility index (Phi) is 4.57. The molecule has 0 aliphatic carbocycles. The second-order valence-electron chi connectivity index (χ2n) is 5.59. The Hall–Kier alpha value is -3.47. The zero-order valence-electron chi connectivity index (χ0n) is 13.3. The van der Waals surface area contributed by atoms with Gasteiger partial charge in [0.05, 0.1) is 10.5 Å². The standard InChI is InChI=1S/C17H15N5O3/c18-11-14-10-15(3-4-16(14)22(24)25)20-6-8-21(9-7-20)17(23)13-2-1-5-19-12-13/h1-5,10,12H,6-9H2. The molecule has 0 atom stereocenters. The van der Waals surface area contributed by atoms with Crippen molar-refractivity contribution in [2.45, 2.75) is 0 Å². The summed E-state index contributed by atoms with van der Waals surface area (Å²) >= 11 is 0. The molecule has 0 saturated carbocycles. The van der Waals surface area contributed by atoms with Gasteiger partial charge >= 0.3 is 0 Å². The quantitative estimate of drug-likeness (QED) is 0.625. The van der Waals surface area contributed by atoms with Gasteiger partial charge in [0.25, 0.3) is 11.6 Å². The summed E-state index contributed by atoms with van der Waals surface area (Å²) < 4.78 is 0. The van der Waals surface area contributed by atoms with E-state index < -0.39 is 4.92 Å². The molecule has 0 spiro atoms. The van der Waals surface area contributed by atoms with Crippen LogP contribution in [0.15, 0.2) is 42.7 Å². The lowest BCUT2D eigenvalue weighted by Gasteiger charge is -2.36. The van der Waals surface area contributed by atoms with E-state index in [1.807, 2.05) is 11.0 Å². The van der Waals surface area contributed by atoms with Crippen LogP contribution in [0.3, 0.4) is 0 Å². The maximum absolute atomic E-state index is 12.4. The molecule has 1 amide bonds. The number of nitro groups is 1. The third-order valence-corrected chi connectivity index (χ3v) is 4.14. The number of anilines is 1. The molecule has 0 radical (unpaired) electrons. The molecule has 8 nitrogen and oxygen atoms in total. The van der Waals surface area contributed by atoms with Crippen LogP contribution in [0.4, 0.5) is 11.4 Å². The second kappa shape index (κ2) is 6.97. The molecule has 0 bridgehead atoms. The van der Waals surface area contributed by atoms with Gasteiger partial charge in [-0.1, -0.05) is 0 Å². The zero-order chi connectivity index (χ0) is 17.8. The van der Waals surface area contributed by atoms with Crippen LogP contribution in [0.5, 0.6) is 0 Å². The van der Waals surface area contributed by atoms with E-state index in [1.165, 1.54) is 12.1 Å². The summed E-state index contributed by atoms with van der Waals surface area (Å²) in [6, 6.07) is 9.83. The number of carbonyl (C=O) groups is 1. The first kappa shape index (κ1) is 16.4. The average Bonchev–Trinajstić information content (AvgIpc) is 2.67. The Bertz CT molecular complexity index is 839. The Labute approximate surface area is 144 Å². The van der Waals surface area contributed by atoms with Crippen molar-refractivity contribution in [2.24, 2.45) is 0 Å². The SMILES string of the molecule is N#Cc1cc(N2CCN(C(=O)c3cccnc3)CC2)ccc1[N+](=O)[O-]. The molecule has 8 heteroatoms. The van der Waals surface area contributed by atoms with Crippen molar-refractivity contribution < 1.29 is 9.72 Å². The largest absolute Gasteiger partial charge is 0.368 e. The van der Waals surface area contributed by atoms with Gasteiger partial charge in [0, 0.05) is 50.3 Å². The number of nitro benzene ring substituents is 1. The van der Waals surface area contributed by atoms with Gasteiger partial charge in [-0.25, -0.2) is 0 Å². The summed E-state index contributed by atoms with van der Waals surface area (Å²) in [6.07, 6.45) is 3.17. The first-order valence-electron chi connectivity index (χ1n) is 7.73. The minimum Gasteiger partial charge on any atom is -0.368 e. The number of carbonyl (C=O) groups excluding carboxylic acids is 1. The van der Waals surface area contributed by atoms with Gasteiger partial charge in [-0.2, -0.15) is 5.26 Å². The lowest BCUT2D eigenvalue weighted by molar-refractivity contribution is -0.385. The number of piperazine rings is 1. The van der Waals surface area contributed by atoms with E-state index in [0.717, 1.165) is 5.69 Å². The fourth-order valence-corrected chi connectivity index (χ4v) is 2.81. The van der Waals surface area contributed by atoms with Gasteiger partial charge in [0.1, 0.15) is 11.6 Å². The summed E-state index contributed by atoms with van der Waals surface area (Å²) in [4.78, 5) is 30.5. The molecule has 1 aromatic heterocycles. The molecule has 3 rings (SSSR count). The highest BCUT2D eigenvalue weighted by Crippen LogP contribution is 2.25. The van der Waals surface area contributed by atoms with Gasteiger partial charge in [-0.3, -0.25) is 19.9 Å². The van der Waals surface area contributed by atoms with E-state index in [2.05, 4.69) is 4.98 Å². The molecule has 2 heterocycles. The van der Waals surface area contributed by atoms with E-state index in [4.69, 9.17) is 5.26 Å². The number of benzene rings is 1. The van der Waals surface area contributed by atoms with Crippen LogP contribution in [0.1, 0.15) is 15.9 Å². The lowest BCUT2D eigenvalue weighted by Crippen LogP contribution is -2.48. The fourth-order valence-electron chi connectivity index (χ4n) is 2.81. The zero-order valence-corrected chi connectivity index (χ0v) is 13.3. The first-order chi connectivity index (χ1) is 12.1.